The number of hydrogen-bond donors (Lipinski definition) is 0. The van der Waals surface area contributed by atoms with Crippen molar-refractivity contribution in [3.63, 3.8) is 0 Å². The molecule has 0 heterocycles. The summed E-state index contributed by atoms with van der Waals surface area (Å²) in [6.07, 6.45) is 4.99. The molecule has 0 N–H and O–H groups in total. The molecular weight excluding hydrogens is 168 g/mol. The molecule has 0 radical (unpaired) electrons. The van der Waals surface area contributed by atoms with Crippen molar-refractivity contribution in [2.45, 2.75) is 61.3 Å². The fourth-order valence-electron chi connectivity index (χ4n) is 1.74. The van der Waals surface area contributed by atoms with Gasteiger partial charge in [0.15, 0.2) is 0 Å². The van der Waals surface area contributed by atoms with Gasteiger partial charge >= 0.3 is 0 Å². The molecule has 0 aliphatic carbocycles. The van der Waals surface area contributed by atoms with Crippen molar-refractivity contribution in [1.82, 2.24) is 0 Å². The van der Waals surface area contributed by atoms with Gasteiger partial charge in [-0.3, -0.25) is 0 Å². The molecule has 0 nitrogen and oxygen atoms in total. The van der Waals surface area contributed by atoms with Gasteiger partial charge in [-0.2, -0.15) is 0 Å². The van der Waals surface area contributed by atoms with Crippen LogP contribution in [0, 0.1) is 17.3 Å². The lowest BCUT2D eigenvalue weighted by molar-refractivity contribution is 0.481. The van der Waals surface area contributed by atoms with Crippen molar-refractivity contribution in [2.75, 3.05) is 0 Å². The Morgan fingerprint density at radius 2 is 1.36 bits per heavy atom. The van der Waals surface area contributed by atoms with Crippen LogP contribution in [-0.2, 0) is 0 Å². The summed E-state index contributed by atoms with van der Waals surface area (Å²) >= 11 is 0. The summed E-state index contributed by atoms with van der Waals surface area (Å²) in [4.78, 5) is 0. The molecule has 0 aliphatic heterocycles. The standard InChI is InChI=1S/C14H28/c1-8-11(3)13(12(4)9-2)10-14(5,6)7/h10-12H,8-9H2,1-7H3. The summed E-state index contributed by atoms with van der Waals surface area (Å²) in [5.74, 6) is 1.48. The Hall–Kier alpha value is -0.260. The van der Waals surface area contributed by atoms with Gasteiger partial charge in [0.2, 0.25) is 0 Å². The van der Waals surface area contributed by atoms with E-state index in [0.717, 1.165) is 11.8 Å². The molecule has 2 atom stereocenters. The Bertz CT molecular complexity index is 169. The molecule has 0 aromatic rings. The highest BCUT2D eigenvalue weighted by atomic mass is 14.2. The summed E-state index contributed by atoms with van der Waals surface area (Å²) in [6, 6.07) is 0. The smallest absolute Gasteiger partial charge is 0.0200 e. The lowest BCUT2D eigenvalue weighted by atomic mass is 9.81. The second-order valence-corrected chi connectivity index (χ2v) is 5.63. The average molecular weight is 196 g/mol. The van der Waals surface area contributed by atoms with Gasteiger partial charge in [-0.25, -0.2) is 0 Å². The Morgan fingerprint density at radius 3 is 1.57 bits per heavy atom. The van der Waals surface area contributed by atoms with Gasteiger partial charge in [-0.1, -0.05) is 60.1 Å². The minimum absolute atomic E-state index is 0.322. The minimum Gasteiger partial charge on any atom is -0.0794 e. The van der Waals surface area contributed by atoms with Crippen LogP contribution in [-0.4, -0.2) is 0 Å². The Kier molecular flexibility index (Phi) is 5.48. The van der Waals surface area contributed by atoms with Crippen molar-refractivity contribution in [3.05, 3.63) is 11.6 Å². The molecule has 0 aromatic heterocycles. The predicted molar refractivity (Wildman–Crippen MR) is 66.4 cm³/mol. The summed E-state index contributed by atoms with van der Waals surface area (Å²) in [5, 5.41) is 0. The van der Waals surface area contributed by atoms with Crippen molar-refractivity contribution < 1.29 is 0 Å². The highest BCUT2D eigenvalue weighted by molar-refractivity contribution is 5.12. The van der Waals surface area contributed by atoms with E-state index in [1.54, 1.807) is 5.57 Å². The predicted octanol–water partition coefficient (Wildman–Crippen LogP) is 5.05. The molecule has 0 saturated heterocycles. The second-order valence-electron chi connectivity index (χ2n) is 5.63. The Labute approximate surface area is 90.8 Å². The molecule has 0 rings (SSSR count). The Balaban J connectivity index is 4.81. The molecule has 0 saturated carbocycles. The zero-order valence-electron chi connectivity index (χ0n) is 11.1. The third-order valence-electron chi connectivity index (χ3n) is 2.96. The Morgan fingerprint density at radius 1 is 1.00 bits per heavy atom. The van der Waals surface area contributed by atoms with Crippen LogP contribution in [0.4, 0.5) is 0 Å². The van der Waals surface area contributed by atoms with E-state index in [2.05, 4.69) is 54.5 Å². The molecule has 2 unspecified atom stereocenters. The normalized spacial score (nSPS) is 16.2. The van der Waals surface area contributed by atoms with Gasteiger partial charge in [0.25, 0.3) is 0 Å². The molecule has 0 fully saturated rings. The molecule has 0 aliphatic rings. The van der Waals surface area contributed by atoms with E-state index in [4.69, 9.17) is 0 Å². The first-order valence-corrected chi connectivity index (χ1v) is 6.04. The zero-order valence-corrected chi connectivity index (χ0v) is 11.1. The molecule has 0 heteroatoms. The first-order valence-electron chi connectivity index (χ1n) is 6.04. The molecular formula is C14H28. The highest BCUT2D eigenvalue weighted by Crippen LogP contribution is 2.30. The van der Waals surface area contributed by atoms with Crippen molar-refractivity contribution >= 4 is 0 Å². The van der Waals surface area contributed by atoms with Crippen molar-refractivity contribution in [2.24, 2.45) is 17.3 Å². The third-order valence-corrected chi connectivity index (χ3v) is 2.96. The lowest BCUT2D eigenvalue weighted by Gasteiger charge is -2.25. The number of allylic oxidation sites excluding steroid dienone is 2. The lowest BCUT2D eigenvalue weighted by Crippen LogP contribution is -2.12. The summed E-state index contributed by atoms with van der Waals surface area (Å²) < 4.78 is 0. The minimum atomic E-state index is 0.322. The highest BCUT2D eigenvalue weighted by Gasteiger charge is 2.16. The van der Waals surface area contributed by atoms with Gasteiger partial charge in [0, 0.05) is 0 Å². The number of rotatable bonds is 4. The van der Waals surface area contributed by atoms with E-state index in [-0.39, 0.29) is 0 Å². The van der Waals surface area contributed by atoms with E-state index >= 15 is 0 Å². The van der Waals surface area contributed by atoms with E-state index in [9.17, 15) is 0 Å². The SMILES string of the molecule is CCC(C)C(=CC(C)(C)C)C(C)CC. The van der Waals surface area contributed by atoms with Gasteiger partial charge in [0.05, 0.1) is 0 Å². The molecule has 0 aromatic carbocycles. The van der Waals surface area contributed by atoms with Crippen LogP contribution in [0.15, 0.2) is 11.6 Å². The van der Waals surface area contributed by atoms with Crippen molar-refractivity contribution in [3.8, 4) is 0 Å². The van der Waals surface area contributed by atoms with Crippen LogP contribution in [0.3, 0.4) is 0 Å². The molecule has 0 spiro atoms. The third kappa shape index (κ3) is 4.83. The monoisotopic (exact) mass is 196 g/mol. The summed E-state index contributed by atoms with van der Waals surface area (Å²) in [6.45, 7) is 16.1. The summed E-state index contributed by atoms with van der Waals surface area (Å²) in [5.41, 5.74) is 1.98. The van der Waals surface area contributed by atoms with Crippen LogP contribution in [0.1, 0.15) is 61.3 Å². The zero-order chi connectivity index (χ0) is 11.4. The maximum atomic E-state index is 2.48. The van der Waals surface area contributed by atoms with E-state index in [1.165, 1.54) is 12.8 Å². The van der Waals surface area contributed by atoms with Crippen LogP contribution in [0.2, 0.25) is 0 Å². The van der Waals surface area contributed by atoms with Crippen LogP contribution in [0.5, 0.6) is 0 Å². The quantitative estimate of drug-likeness (QED) is 0.552. The van der Waals surface area contributed by atoms with E-state index < -0.39 is 0 Å². The first-order chi connectivity index (χ1) is 6.31. The van der Waals surface area contributed by atoms with Crippen LogP contribution in [0.25, 0.3) is 0 Å². The van der Waals surface area contributed by atoms with Crippen molar-refractivity contribution in [1.29, 1.82) is 0 Å². The van der Waals surface area contributed by atoms with Crippen LogP contribution >= 0.6 is 0 Å². The maximum Gasteiger partial charge on any atom is -0.0200 e. The first kappa shape index (κ1) is 13.7. The fourth-order valence-corrected chi connectivity index (χ4v) is 1.74. The molecule has 0 bridgehead atoms. The largest absolute Gasteiger partial charge is 0.0794 e. The van der Waals surface area contributed by atoms with Gasteiger partial charge in [-0.05, 0) is 30.1 Å². The van der Waals surface area contributed by atoms with Gasteiger partial charge in [0.1, 0.15) is 0 Å². The maximum absolute atomic E-state index is 2.48. The summed E-state index contributed by atoms with van der Waals surface area (Å²) in [7, 11) is 0. The molecule has 0 amide bonds. The van der Waals surface area contributed by atoms with Crippen LogP contribution < -0.4 is 0 Å². The second kappa shape index (κ2) is 5.58. The fraction of sp³-hybridized carbons (Fsp3) is 0.857. The van der Waals surface area contributed by atoms with E-state index in [0.29, 0.717) is 5.41 Å². The molecule has 84 valence electrons. The van der Waals surface area contributed by atoms with Gasteiger partial charge < -0.3 is 0 Å². The van der Waals surface area contributed by atoms with E-state index in [1.807, 2.05) is 0 Å². The van der Waals surface area contributed by atoms with Gasteiger partial charge in [-0.15, -0.1) is 0 Å². The average Bonchev–Trinajstić information content (AvgIpc) is 2.10. The molecule has 14 heavy (non-hydrogen) atoms. The topological polar surface area (TPSA) is 0 Å². The number of hydrogen-bond acceptors (Lipinski definition) is 0.